The predicted octanol–water partition coefficient (Wildman–Crippen LogP) is 7.52. The summed E-state index contributed by atoms with van der Waals surface area (Å²) in [6.45, 7) is 3.70. The lowest BCUT2D eigenvalue weighted by atomic mass is 9.93. The van der Waals surface area contributed by atoms with Crippen LogP contribution in [-0.4, -0.2) is 33.6 Å². The number of hydrogen-bond acceptors (Lipinski definition) is 4. The van der Waals surface area contributed by atoms with Gasteiger partial charge in [0.2, 0.25) is 5.78 Å². The van der Waals surface area contributed by atoms with Gasteiger partial charge in [0.05, 0.1) is 35.3 Å². The number of carbonyl (C=O) groups is 1. The molecular formula is C30H24F6N4O2. The van der Waals surface area contributed by atoms with Crippen molar-refractivity contribution in [3.05, 3.63) is 94.4 Å². The van der Waals surface area contributed by atoms with Crippen LogP contribution in [0.1, 0.15) is 39.8 Å². The number of ether oxygens (including phenoxy) is 1. The molecule has 42 heavy (non-hydrogen) atoms. The van der Waals surface area contributed by atoms with Crippen molar-refractivity contribution >= 4 is 34.0 Å². The molecule has 0 radical (unpaired) electrons. The number of aromatic nitrogens is 3. The van der Waals surface area contributed by atoms with Gasteiger partial charge in [0.1, 0.15) is 5.52 Å². The second kappa shape index (κ2) is 10.6. The number of aryl methyl sites for hydroxylation is 2. The minimum absolute atomic E-state index is 0.103. The second-order valence-corrected chi connectivity index (χ2v) is 9.49. The molecule has 0 saturated carbocycles. The number of halogens is 6. The number of anilines is 1. The molecule has 0 bridgehead atoms. The minimum Gasteiger partial charge on any atom is -0.501 e. The Kier molecular flexibility index (Phi) is 7.25. The summed E-state index contributed by atoms with van der Waals surface area (Å²) in [4.78, 5) is 13.5. The number of pyridine rings is 1. The highest BCUT2D eigenvalue weighted by Gasteiger charge is 2.37. The minimum atomic E-state index is -4.78. The molecule has 0 aliphatic rings. The molecule has 0 saturated heterocycles. The first-order valence-electron chi connectivity index (χ1n) is 12.8. The largest absolute Gasteiger partial charge is 0.501 e. The zero-order chi connectivity index (χ0) is 30.5. The van der Waals surface area contributed by atoms with Crippen LogP contribution >= 0.6 is 0 Å². The number of benzene rings is 2. The predicted molar refractivity (Wildman–Crippen MR) is 147 cm³/mol. The molecule has 12 heteroatoms. The Hall–Kier alpha value is -4.74. The summed E-state index contributed by atoms with van der Waals surface area (Å²) < 4.78 is 93.8. The first-order chi connectivity index (χ1) is 19.9. The fraction of sp³-hybridized carbons (Fsp3) is 0.200. The van der Waals surface area contributed by atoms with E-state index in [1.54, 1.807) is 20.9 Å². The SMILES string of the molecule is CCO/C=C/c1cc(C(=O)c2cc(F)c(F)c(F)c2)n2cccc(-c3c(C(F)(F)F)cc4c(C)n(C)nc4c3NC)c12. The van der Waals surface area contributed by atoms with Crippen molar-refractivity contribution < 1.29 is 35.9 Å². The van der Waals surface area contributed by atoms with E-state index in [2.05, 4.69) is 10.4 Å². The van der Waals surface area contributed by atoms with Gasteiger partial charge in [0.15, 0.2) is 17.5 Å². The molecule has 3 heterocycles. The highest BCUT2D eigenvalue weighted by atomic mass is 19.4. The molecule has 2 aromatic carbocycles. The third-order valence-corrected chi connectivity index (χ3v) is 7.06. The molecule has 0 fully saturated rings. The maximum atomic E-state index is 14.7. The van der Waals surface area contributed by atoms with Crippen LogP contribution < -0.4 is 5.32 Å². The monoisotopic (exact) mass is 586 g/mol. The lowest BCUT2D eigenvalue weighted by molar-refractivity contribution is -0.136. The van der Waals surface area contributed by atoms with Crippen molar-refractivity contribution in [2.75, 3.05) is 19.0 Å². The zero-order valence-corrected chi connectivity index (χ0v) is 22.8. The van der Waals surface area contributed by atoms with Gasteiger partial charge in [-0.1, -0.05) is 6.07 Å². The Morgan fingerprint density at radius 3 is 2.43 bits per heavy atom. The average molecular weight is 587 g/mol. The number of nitrogens with one attached hydrogen (secondary N) is 1. The van der Waals surface area contributed by atoms with E-state index >= 15 is 0 Å². The zero-order valence-electron chi connectivity index (χ0n) is 22.8. The fourth-order valence-electron chi connectivity index (χ4n) is 5.04. The number of rotatable bonds is 7. The summed E-state index contributed by atoms with van der Waals surface area (Å²) in [5.41, 5.74) is -0.189. The quantitative estimate of drug-likeness (QED) is 0.0928. The molecule has 0 spiro atoms. The van der Waals surface area contributed by atoms with Crippen molar-refractivity contribution in [1.29, 1.82) is 0 Å². The van der Waals surface area contributed by atoms with E-state index in [1.165, 1.54) is 52.9 Å². The lowest BCUT2D eigenvalue weighted by Gasteiger charge is -2.19. The van der Waals surface area contributed by atoms with Gasteiger partial charge in [-0.25, -0.2) is 13.2 Å². The van der Waals surface area contributed by atoms with Gasteiger partial charge in [-0.15, -0.1) is 0 Å². The maximum absolute atomic E-state index is 14.7. The van der Waals surface area contributed by atoms with Crippen molar-refractivity contribution in [3.8, 4) is 11.1 Å². The summed E-state index contributed by atoms with van der Waals surface area (Å²) in [6.07, 6.45) is -0.538. The average Bonchev–Trinajstić information content (AvgIpc) is 3.46. The van der Waals surface area contributed by atoms with E-state index < -0.39 is 40.5 Å². The number of ketones is 1. The number of hydrogen-bond donors (Lipinski definition) is 1. The first kappa shape index (κ1) is 28.8. The van der Waals surface area contributed by atoms with Crippen molar-refractivity contribution in [2.45, 2.75) is 20.0 Å². The highest BCUT2D eigenvalue weighted by molar-refractivity contribution is 6.11. The van der Waals surface area contributed by atoms with Gasteiger partial charge >= 0.3 is 6.18 Å². The van der Waals surface area contributed by atoms with E-state index in [9.17, 15) is 31.1 Å². The van der Waals surface area contributed by atoms with Crippen LogP contribution in [0.15, 0.2) is 48.9 Å². The topological polar surface area (TPSA) is 60.6 Å². The van der Waals surface area contributed by atoms with E-state index in [4.69, 9.17) is 4.74 Å². The molecule has 0 unspecified atom stereocenters. The molecule has 0 aliphatic heterocycles. The van der Waals surface area contributed by atoms with Crippen LogP contribution in [0.5, 0.6) is 0 Å². The molecule has 0 amide bonds. The van der Waals surface area contributed by atoms with Crippen molar-refractivity contribution in [2.24, 2.45) is 7.05 Å². The summed E-state index contributed by atoms with van der Waals surface area (Å²) in [5.74, 6) is -5.71. The molecule has 0 aliphatic carbocycles. The molecule has 6 nitrogen and oxygen atoms in total. The summed E-state index contributed by atoms with van der Waals surface area (Å²) in [5, 5.41) is 7.64. The standard InChI is InChI=1S/C30H24F6N4O2/c1-5-42-10-8-16-13-23(29(41)17-11-21(31)25(33)22(32)12-17)40-9-6-7-18(28(16)40)24-20(30(34,35)36)14-19-15(2)39(4)38-26(19)27(24)37-3/h6-14,37H,5H2,1-4H3/b10-8+. The summed E-state index contributed by atoms with van der Waals surface area (Å²) in [7, 11) is 3.12. The van der Waals surface area contributed by atoms with Crippen LogP contribution in [0.4, 0.5) is 32.0 Å². The Bertz CT molecular complexity index is 1880. The van der Waals surface area contributed by atoms with E-state index in [-0.39, 0.29) is 33.6 Å². The van der Waals surface area contributed by atoms with Crippen molar-refractivity contribution in [3.63, 3.8) is 0 Å². The first-order valence-corrected chi connectivity index (χ1v) is 12.8. The van der Waals surface area contributed by atoms with Crippen LogP contribution in [0, 0.1) is 24.4 Å². The molecule has 5 rings (SSSR count). The maximum Gasteiger partial charge on any atom is 0.417 e. The number of fused-ring (bicyclic) bond motifs is 2. The van der Waals surface area contributed by atoms with E-state index in [0.717, 1.165) is 6.07 Å². The Morgan fingerprint density at radius 1 is 1.12 bits per heavy atom. The molecular weight excluding hydrogens is 562 g/mol. The third-order valence-electron chi connectivity index (χ3n) is 7.06. The van der Waals surface area contributed by atoms with Gasteiger partial charge < -0.3 is 14.5 Å². The van der Waals surface area contributed by atoms with Gasteiger partial charge in [0.25, 0.3) is 0 Å². The smallest absolute Gasteiger partial charge is 0.417 e. The number of carbonyl (C=O) groups excluding carboxylic acids is 1. The molecule has 3 aromatic heterocycles. The van der Waals surface area contributed by atoms with Crippen LogP contribution in [0.25, 0.3) is 33.6 Å². The number of nitrogens with zero attached hydrogens (tertiary/aromatic N) is 3. The highest BCUT2D eigenvalue weighted by Crippen LogP contribution is 2.47. The van der Waals surface area contributed by atoms with Gasteiger partial charge in [0, 0.05) is 53.6 Å². The van der Waals surface area contributed by atoms with Crippen molar-refractivity contribution in [1.82, 2.24) is 14.2 Å². The van der Waals surface area contributed by atoms with Crippen LogP contribution in [0.3, 0.4) is 0 Å². The van der Waals surface area contributed by atoms with Crippen LogP contribution in [0.2, 0.25) is 0 Å². The van der Waals surface area contributed by atoms with E-state index in [1.807, 2.05) is 0 Å². The second-order valence-electron chi connectivity index (χ2n) is 9.49. The molecule has 1 N–H and O–H groups in total. The fourth-order valence-corrected chi connectivity index (χ4v) is 5.04. The summed E-state index contributed by atoms with van der Waals surface area (Å²) >= 11 is 0. The van der Waals surface area contributed by atoms with Crippen LogP contribution in [-0.2, 0) is 18.0 Å². The molecule has 5 aromatic rings. The normalized spacial score (nSPS) is 12.1. The molecule has 0 atom stereocenters. The Morgan fingerprint density at radius 2 is 1.81 bits per heavy atom. The van der Waals surface area contributed by atoms with Gasteiger partial charge in [-0.3, -0.25) is 9.48 Å². The van der Waals surface area contributed by atoms with Gasteiger partial charge in [-0.05, 0) is 50.3 Å². The lowest BCUT2D eigenvalue weighted by Crippen LogP contribution is -2.11. The number of alkyl halides is 3. The van der Waals surface area contributed by atoms with Gasteiger partial charge in [-0.2, -0.15) is 18.3 Å². The summed E-state index contributed by atoms with van der Waals surface area (Å²) in [6, 6.07) is 6.48. The third kappa shape index (κ3) is 4.66. The Labute approximate surface area is 235 Å². The molecule has 218 valence electrons. The Balaban J connectivity index is 1.88. The van der Waals surface area contributed by atoms with E-state index in [0.29, 0.717) is 35.3 Å².